The summed E-state index contributed by atoms with van der Waals surface area (Å²) in [5, 5.41) is 6.04. The molecule has 0 bridgehead atoms. The molecule has 0 aliphatic rings. The molecule has 5 aromatic rings. The average Bonchev–Trinajstić information content (AvgIpc) is 3.03. The first-order valence-corrected chi connectivity index (χ1v) is 16.5. The van der Waals surface area contributed by atoms with E-state index in [-0.39, 0.29) is 18.1 Å². The molecule has 0 saturated carbocycles. The fraction of sp³-hybridized carbons (Fsp3) is 0.250. The second kappa shape index (κ2) is 14.7. The summed E-state index contributed by atoms with van der Waals surface area (Å²) in [6, 6.07) is 20.5. The molecule has 0 atom stereocenters. The summed E-state index contributed by atoms with van der Waals surface area (Å²) >= 11 is 16.8. The molecule has 7 nitrogen and oxygen atoms in total. The molecular formula is C36H34BrCl2N3O4. The average molecular weight is 723 g/mol. The molecule has 10 heteroatoms. The molecule has 1 aromatic heterocycles. The number of aromatic nitrogens is 2. The topological polar surface area (TPSA) is 74.9 Å². The number of fused-ring (bicyclic) bond motifs is 1. The minimum Gasteiger partial charge on any atom is -0.494 e. The molecule has 238 valence electrons. The lowest BCUT2D eigenvalue weighted by atomic mass is 9.96. The monoisotopic (exact) mass is 721 g/mol. The van der Waals surface area contributed by atoms with Crippen molar-refractivity contribution in [3.05, 3.63) is 114 Å². The molecule has 0 radical (unpaired) electrons. The normalized spacial score (nSPS) is 11.5. The number of para-hydroxylation sites is 1. The first kappa shape index (κ1) is 33.5. The van der Waals surface area contributed by atoms with Crippen LogP contribution in [-0.2, 0) is 6.61 Å². The van der Waals surface area contributed by atoms with Gasteiger partial charge in [0, 0.05) is 26.2 Å². The van der Waals surface area contributed by atoms with Crippen molar-refractivity contribution in [2.45, 2.75) is 47.1 Å². The van der Waals surface area contributed by atoms with Gasteiger partial charge in [0.25, 0.3) is 5.56 Å². The van der Waals surface area contributed by atoms with Crippen LogP contribution in [0.15, 0.2) is 81.1 Å². The van der Waals surface area contributed by atoms with Crippen molar-refractivity contribution in [1.29, 1.82) is 0 Å². The van der Waals surface area contributed by atoms with Gasteiger partial charge in [0.05, 0.1) is 30.3 Å². The van der Waals surface area contributed by atoms with Crippen LogP contribution in [0.1, 0.15) is 55.9 Å². The summed E-state index contributed by atoms with van der Waals surface area (Å²) in [5.74, 6) is 2.20. The Balaban J connectivity index is 1.64. The third-order valence-corrected chi connectivity index (χ3v) is 9.18. The highest BCUT2D eigenvalue weighted by Gasteiger charge is 2.21. The number of nitrogens with zero attached hydrogens (tertiary/aromatic N) is 3. The lowest BCUT2D eigenvalue weighted by Gasteiger charge is -2.18. The van der Waals surface area contributed by atoms with Crippen LogP contribution in [0.3, 0.4) is 0 Å². The van der Waals surface area contributed by atoms with Crippen LogP contribution >= 0.6 is 39.1 Å². The Morgan fingerprint density at radius 3 is 2.37 bits per heavy atom. The second-order valence-electron chi connectivity index (χ2n) is 10.8. The smallest absolute Gasteiger partial charge is 0.282 e. The van der Waals surface area contributed by atoms with Crippen LogP contribution in [0.2, 0.25) is 10.0 Å². The van der Waals surface area contributed by atoms with Crippen LogP contribution < -0.4 is 19.8 Å². The van der Waals surface area contributed by atoms with Gasteiger partial charge in [0.15, 0.2) is 17.3 Å². The zero-order chi connectivity index (χ0) is 33.0. The fourth-order valence-corrected chi connectivity index (χ4v) is 5.90. The molecule has 0 aliphatic heterocycles. The summed E-state index contributed by atoms with van der Waals surface area (Å²) in [4.78, 5) is 18.9. The predicted octanol–water partition coefficient (Wildman–Crippen LogP) is 9.82. The van der Waals surface area contributed by atoms with Gasteiger partial charge in [0.1, 0.15) is 17.4 Å². The number of ether oxygens (including phenoxy) is 3. The Bertz CT molecular complexity index is 1990. The van der Waals surface area contributed by atoms with E-state index < -0.39 is 0 Å². The van der Waals surface area contributed by atoms with Gasteiger partial charge in [0.2, 0.25) is 0 Å². The molecule has 0 aliphatic carbocycles. The highest BCUT2D eigenvalue weighted by molar-refractivity contribution is 9.10. The molecule has 1 heterocycles. The van der Waals surface area contributed by atoms with E-state index in [9.17, 15) is 4.79 Å². The van der Waals surface area contributed by atoms with Gasteiger partial charge < -0.3 is 14.2 Å². The number of benzene rings is 4. The van der Waals surface area contributed by atoms with Crippen molar-refractivity contribution in [1.82, 2.24) is 9.66 Å². The summed E-state index contributed by atoms with van der Waals surface area (Å²) in [7, 11) is 0. The van der Waals surface area contributed by atoms with Crippen molar-refractivity contribution >= 4 is 56.2 Å². The van der Waals surface area contributed by atoms with Crippen molar-refractivity contribution in [3.63, 3.8) is 0 Å². The summed E-state index contributed by atoms with van der Waals surface area (Å²) in [6.45, 7) is 11.1. The van der Waals surface area contributed by atoms with Crippen molar-refractivity contribution in [2.24, 2.45) is 5.10 Å². The van der Waals surface area contributed by atoms with Crippen LogP contribution in [0.25, 0.3) is 22.3 Å². The molecular weight excluding hydrogens is 689 g/mol. The van der Waals surface area contributed by atoms with Crippen LogP contribution in [0.4, 0.5) is 0 Å². The summed E-state index contributed by atoms with van der Waals surface area (Å²) in [5.41, 5.74) is 4.37. The molecule has 0 N–H and O–H groups in total. The number of rotatable bonds is 11. The number of hydrogen-bond acceptors (Lipinski definition) is 6. The van der Waals surface area contributed by atoms with E-state index in [0.717, 1.165) is 28.0 Å². The maximum Gasteiger partial charge on any atom is 0.282 e. The lowest BCUT2D eigenvalue weighted by molar-refractivity contribution is 0.269. The van der Waals surface area contributed by atoms with E-state index in [1.807, 2.05) is 69.3 Å². The molecule has 0 spiro atoms. The third-order valence-electron chi connectivity index (χ3n) is 7.37. The van der Waals surface area contributed by atoms with Gasteiger partial charge in [-0.2, -0.15) is 9.78 Å². The number of halogens is 3. The summed E-state index contributed by atoms with van der Waals surface area (Å²) in [6.07, 6.45) is 1.56. The van der Waals surface area contributed by atoms with Gasteiger partial charge in [-0.3, -0.25) is 4.79 Å². The largest absolute Gasteiger partial charge is 0.494 e. The Morgan fingerprint density at radius 2 is 1.65 bits per heavy atom. The Kier molecular flexibility index (Phi) is 10.7. The maximum absolute atomic E-state index is 14.0. The highest BCUT2D eigenvalue weighted by Crippen LogP contribution is 2.43. The minimum absolute atomic E-state index is 0.179. The van der Waals surface area contributed by atoms with E-state index >= 15 is 0 Å². The van der Waals surface area contributed by atoms with E-state index in [2.05, 4.69) is 29.8 Å². The van der Waals surface area contributed by atoms with Gasteiger partial charge in [-0.15, -0.1) is 0 Å². The molecule has 4 aromatic carbocycles. The second-order valence-corrected chi connectivity index (χ2v) is 12.4. The Labute approximate surface area is 286 Å². The quantitative estimate of drug-likeness (QED) is 0.127. The zero-order valence-electron chi connectivity index (χ0n) is 26.2. The molecule has 46 heavy (non-hydrogen) atoms. The number of hydrogen-bond donors (Lipinski definition) is 0. The molecule has 0 unspecified atom stereocenters. The van der Waals surface area contributed by atoms with Gasteiger partial charge >= 0.3 is 0 Å². The highest BCUT2D eigenvalue weighted by atomic mass is 79.9. The van der Waals surface area contributed by atoms with E-state index in [1.54, 1.807) is 24.4 Å². The van der Waals surface area contributed by atoms with Gasteiger partial charge in [-0.05, 0) is 90.1 Å². The zero-order valence-corrected chi connectivity index (χ0v) is 29.3. The Morgan fingerprint density at radius 1 is 0.957 bits per heavy atom. The van der Waals surface area contributed by atoms with Crippen LogP contribution in [0.5, 0.6) is 17.2 Å². The van der Waals surface area contributed by atoms with E-state index in [0.29, 0.717) is 61.5 Å². The van der Waals surface area contributed by atoms with E-state index in [1.165, 1.54) is 4.68 Å². The van der Waals surface area contributed by atoms with Gasteiger partial charge in [-0.1, -0.05) is 67.4 Å². The SMILES string of the molecule is CCOc1cc(C)c(-c2nc3ccccc3c(=O)n2N=Cc2cc(OCC)c(OCc3ccccc3Cl)c(Cl)c2Br)cc1C(C)C. The minimum atomic E-state index is -0.303. The standard InChI is InChI=1S/C36H34BrCl2N3O4/c1-6-44-30-16-22(5)27(18-26(30)21(3)4)35-41-29-15-11-9-13-25(29)36(43)42(35)40-19-24-17-31(45-7-2)34(33(39)32(24)37)46-20-23-12-8-10-14-28(23)38/h8-19,21H,6-7,20H2,1-5H3. The molecule has 0 saturated heterocycles. The van der Waals surface area contributed by atoms with Crippen molar-refractivity contribution in [3.8, 4) is 28.6 Å². The summed E-state index contributed by atoms with van der Waals surface area (Å²) < 4.78 is 19.8. The van der Waals surface area contributed by atoms with Crippen molar-refractivity contribution in [2.75, 3.05) is 13.2 Å². The molecule has 0 fully saturated rings. The first-order chi connectivity index (χ1) is 22.1. The maximum atomic E-state index is 14.0. The lowest BCUT2D eigenvalue weighted by Crippen LogP contribution is -2.21. The van der Waals surface area contributed by atoms with Crippen LogP contribution in [-0.4, -0.2) is 29.1 Å². The number of aryl methyl sites for hydroxylation is 1. The van der Waals surface area contributed by atoms with E-state index in [4.69, 9.17) is 47.5 Å². The fourth-order valence-electron chi connectivity index (χ4n) is 5.06. The molecule has 0 amide bonds. The van der Waals surface area contributed by atoms with Gasteiger partial charge in [-0.25, -0.2) is 4.98 Å². The predicted molar refractivity (Wildman–Crippen MR) is 191 cm³/mol. The van der Waals surface area contributed by atoms with Crippen LogP contribution in [0, 0.1) is 6.92 Å². The molecule has 5 rings (SSSR count). The Hall–Kier alpha value is -3.85. The first-order valence-electron chi connectivity index (χ1n) is 15.0. The third kappa shape index (κ3) is 6.94. The van der Waals surface area contributed by atoms with Crippen molar-refractivity contribution < 1.29 is 14.2 Å².